The number of aryl methyl sites for hydroxylation is 1. The van der Waals surface area contributed by atoms with Gasteiger partial charge in [0.2, 0.25) is 0 Å². The normalized spacial score (nSPS) is 10.4. The van der Waals surface area contributed by atoms with E-state index in [0.29, 0.717) is 0 Å². The summed E-state index contributed by atoms with van der Waals surface area (Å²) in [6.07, 6.45) is 0. The zero-order chi connectivity index (χ0) is 10.1. The standard InChI is InChI=1S/C9H7NO2S2/c1-5-10-7(9(11)12)8(14-5)6-2-3-13-4-6/h2-4H,1H3,(H,11,12). The van der Waals surface area contributed by atoms with Crippen molar-refractivity contribution in [2.45, 2.75) is 6.92 Å². The summed E-state index contributed by atoms with van der Waals surface area (Å²) < 4.78 is 0. The number of carboxylic acids is 1. The van der Waals surface area contributed by atoms with E-state index in [9.17, 15) is 4.79 Å². The van der Waals surface area contributed by atoms with Crippen molar-refractivity contribution in [3.8, 4) is 10.4 Å². The van der Waals surface area contributed by atoms with Gasteiger partial charge < -0.3 is 5.11 Å². The molecule has 5 heteroatoms. The molecule has 3 nitrogen and oxygen atoms in total. The molecule has 0 aliphatic rings. The summed E-state index contributed by atoms with van der Waals surface area (Å²) in [6, 6.07) is 1.91. The number of carbonyl (C=O) groups is 1. The summed E-state index contributed by atoms with van der Waals surface area (Å²) in [4.78, 5) is 15.6. The molecule has 0 aliphatic carbocycles. The highest BCUT2D eigenvalue weighted by Crippen LogP contribution is 2.31. The fraction of sp³-hybridized carbons (Fsp3) is 0.111. The van der Waals surface area contributed by atoms with Gasteiger partial charge >= 0.3 is 5.97 Å². The molecule has 2 aromatic rings. The minimum atomic E-state index is -0.962. The largest absolute Gasteiger partial charge is 0.476 e. The van der Waals surface area contributed by atoms with Crippen molar-refractivity contribution in [1.82, 2.24) is 4.98 Å². The lowest BCUT2D eigenvalue weighted by Gasteiger charge is -1.92. The molecule has 14 heavy (non-hydrogen) atoms. The number of thiazole rings is 1. The highest BCUT2D eigenvalue weighted by atomic mass is 32.1. The van der Waals surface area contributed by atoms with E-state index in [1.54, 1.807) is 11.3 Å². The maximum atomic E-state index is 10.9. The first-order valence-electron chi connectivity index (χ1n) is 3.92. The van der Waals surface area contributed by atoms with Crippen LogP contribution in [0.4, 0.5) is 0 Å². The quantitative estimate of drug-likeness (QED) is 0.855. The molecule has 0 spiro atoms. The topological polar surface area (TPSA) is 50.2 Å². The predicted octanol–water partition coefficient (Wildman–Crippen LogP) is 2.88. The number of rotatable bonds is 2. The summed E-state index contributed by atoms with van der Waals surface area (Å²) in [5.74, 6) is -0.962. The van der Waals surface area contributed by atoms with Crippen LogP contribution in [0.25, 0.3) is 10.4 Å². The monoisotopic (exact) mass is 225 g/mol. The average Bonchev–Trinajstić information content (AvgIpc) is 2.70. The Labute approximate surface area is 88.7 Å². The fourth-order valence-corrected chi connectivity index (χ4v) is 2.79. The molecular weight excluding hydrogens is 218 g/mol. The van der Waals surface area contributed by atoms with Gasteiger partial charge in [0, 0.05) is 5.56 Å². The lowest BCUT2D eigenvalue weighted by atomic mass is 10.2. The number of nitrogens with zero attached hydrogens (tertiary/aromatic N) is 1. The number of hydrogen-bond donors (Lipinski definition) is 1. The maximum Gasteiger partial charge on any atom is 0.356 e. The van der Waals surface area contributed by atoms with Crippen LogP contribution in [0.1, 0.15) is 15.5 Å². The van der Waals surface area contributed by atoms with Crippen molar-refractivity contribution < 1.29 is 9.90 Å². The van der Waals surface area contributed by atoms with E-state index in [2.05, 4.69) is 4.98 Å². The summed E-state index contributed by atoms with van der Waals surface area (Å²) in [5, 5.41) is 13.6. The molecule has 0 amide bonds. The highest BCUT2D eigenvalue weighted by molar-refractivity contribution is 7.16. The van der Waals surface area contributed by atoms with Gasteiger partial charge in [0.15, 0.2) is 5.69 Å². The Bertz CT molecular complexity index is 459. The second-order valence-corrected chi connectivity index (χ2v) is 4.71. The first kappa shape index (κ1) is 9.36. The first-order chi connectivity index (χ1) is 6.68. The Kier molecular flexibility index (Phi) is 2.35. The summed E-state index contributed by atoms with van der Waals surface area (Å²) in [6.45, 7) is 1.81. The Morgan fingerprint density at radius 2 is 2.36 bits per heavy atom. The molecule has 0 unspecified atom stereocenters. The first-order valence-corrected chi connectivity index (χ1v) is 5.67. The number of aromatic carboxylic acids is 1. The third-order valence-electron chi connectivity index (χ3n) is 1.72. The van der Waals surface area contributed by atoms with Gasteiger partial charge in [-0.05, 0) is 23.8 Å². The summed E-state index contributed by atoms with van der Waals surface area (Å²) in [7, 11) is 0. The lowest BCUT2D eigenvalue weighted by Crippen LogP contribution is -1.98. The molecule has 2 aromatic heterocycles. The molecule has 0 radical (unpaired) electrons. The molecule has 0 saturated heterocycles. The van der Waals surface area contributed by atoms with Crippen LogP contribution in [-0.4, -0.2) is 16.1 Å². The summed E-state index contributed by atoms with van der Waals surface area (Å²) in [5.41, 5.74) is 1.10. The second kappa shape index (κ2) is 3.51. The molecule has 72 valence electrons. The van der Waals surface area contributed by atoms with Gasteiger partial charge in [-0.15, -0.1) is 11.3 Å². The van der Waals surface area contributed by atoms with E-state index in [1.165, 1.54) is 11.3 Å². The van der Waals surface area contributed by atoms with Gasteiger partial charge in [0.05, 0.1) is 9.88 Å². The summed E-state index contributed by atoms with van der Waals surface area (Å²) >= 11 is 2.97. The number of carboxylic acid groups (broad SMARTS) is 1. The van der Waals surface area contributed by atoms with E-state index in [1.807, 2.05) is 23.8 Å². The van der Waals surface area contributed by atoms with E-state index in [4.69, 9.17) is 5.11 Å². The third-order valence-corrected chi connectivity index (χ3v) is 3.42. The lowest BCUT2D eigenvalue weighted by molar-refractivity contribution is 0.0692. The molecule has 0 aromatic carbocycles. The molecule has 0 bridgehead atoms. The van der Waals surface area contributed by atoms with Crippen LogP contribution >= 0.6 is 22.7 Å². The number of thiophene rings is 1. The van der Waals surface area contributed by atoms with Crippen LogP contribution in [-0.2, 0) is 0 Å². The minimum absolute atomic E-state index is 0.158. The molecular formula is C9H7NO2S2. The van der Waals surface area contributed by atoms with E-state index in [-0.39, 0.29) is 5.69 Å². The van der Waals surface area contributed by atoms with E-state index < -0.39 is 5.97 Å². The van der Waals surface area contributed by atoms with Gasteiger partial charge in [0.1, 0.15) is 0 Å². The van der Waals surface area contributed by atoms with Crippen molar-refractivity contribution in [3.63, 3.8) is 0 Å². The van der Waals surface area contributed by atoms with Crippen LogP contribution in [0.2, 0.25) is 0 Å². The average molecular weight is 225 g/mol. The van der Waals surface area contributed by atoms with Crippen LogP contribution < -0.4 is 0 Å². The van der Waals surface area contributed by atoms with Crippen molar-refractivity contribution in [2.75, 3.05) is 0 Å². The maximum absolute atomic E-state index is 10.9. The highest BCUT2D eigenvalue weighted by Gasteiger charge is 2.17. The van der Waals surface area contributed by atoms with Gasteiger partial charge in [-0.1, -0.05) is 0 Å². The van der Waals surface area contributed by atoms with E-state index >= 15 is 0 Å². The Hall–Kier alpha value is -1.20. The number of hydrogen-bond acceptors (Lipinski definition) is 4. The van der Waals surface area contributed by atoms with Crippen LogP contribution in [0.3, 0.4) is 0 Å². The molecule has 2 rings (SSSR count). The van der Waals surface area contributed by atoms with Crippen molar-refractivity contribution in [2.24, 2.45) is 0 Å². The van der Waals surface area contributed by atoms with Crippen molar-refractivity contribution >= 4 is 28.6 Å². The SMILES string of the molecule is Cc1nc(C(=O)O)c(-c2ccsc2)s1. The van der Waals surface area contributed by atoms with Crippen molar-refractivity contribution in [1.29, 1.82) is 0 Å². The Morgan fingerprint density at radius 1 is 1.57 bits per heavy atom. The van der Waals surface area contributed by atoms with Gasteiger partial charge in [-0.25, -0.2) is 9.78 Å². The predicted molar refractivity (Wildman–Crippen MR) is 57.1 cm³/mol. The van der Waals surface area contributed by atoms with Gasteiger partial charge in [-0.2, -0.15) is 11.3 Å². The van der Waals surface area contributed by atoms with Gasteiger partial charge in [-0.3, -0.25) is 0 Å². The molecule has 0 saturated carbocycles. The fourth-order valence-electron chi connectivity index (χ4n) is 1.16. The Balaban J connectivity index is 2.58. The Morgan fingerprint density at radius 3 is 2.93 bits per heavy atom. The van der Waals surface area contributed by atoms with Crippen LogP contribution in [0.5, 0.6) is 0 Å². The molecule has 0 fully saturated rings. The smallest absolute Gasteiger partial charge is 0.356 e. The van der Waals surface area contributed by atoms with Crippen molar-refractivity contribution in [3.05, 3.63) is 27.5 Å². The molecule has 2 heterocycles. The third kappa shape index (κ3) is 1.56. The molecule has 0 atom stereocenters. The zero-order valence-corrected chi connectivity index (χ0v) is 8.98. The molecule has 0 aliphatic heterocycles. The van der Waals surface area contributed by atoms with Crippen LogP contribution in [0, 0.1) is 6.92 Å². The second-order valence-electron chi connectivity index (χ2n) is 2.73. The minimum Gasteiger partial charge on any atom is -0.476 e. The number of aromatic nitrogens is 1. The van der Waals surface area contributed by atoms with E-state index in [0.717, 1.165) is 15.4 Å². The molecule has 1 N–H and O–H groups in total. The van der Waals surface area contributed by atoms with Crippen LogP contribution in [0.15, 0.2) is 16.8 Å². The zero-order valence-electron chi connectivity index (χ0n) is 7.35. The van der Waals surface area contributed by atoms with Gasteiger partial charge in [0.25, 0.3) is 0 Å².